The van der Waals surface area contributed by atoms with Crippen LogP contribution in [0, 0.1) is 5.82 Å². The standard InChI is InChI=1S/C32H28F4N4O3S/c1-21(23-6-3-2-4-7-23)38-30-19-22(18-28(39-30)24-9-11-25(12-10-24)32(34,35)36)20-37-31(41)29-8-5-17-40(29)44(42,43)27-15-13-26(33)14-16-27/h2-16,18-19,21,29H,17,20H2,1H3,(H,37,41)(H,38,39)/t21?,29-/m0/s1. The van der Waals surface area contributed by atoms with Crippen molar-refractivity contribution in [1.82, 2.24) is 14.6 Å². The van der Waals surface area contributed by atoms with Gasteiger partial charge in [0.1, 0.15) is 17.7 Å². The van der Waals surface area contributed by atoms with Gasteiger partial charge >= 0.3 is 6.18 Å². The number of alkyl halides is 3. The molecule has 4 aromatic rings. The number of pyridine rings is 1. The molecule has 2 N–H and O–H groups in total. The number of sulfonamides is 1. The molecule has 0 radical (unpaired) electrons. The van der Waals surface area contributed by atoms with Gasteiger partial charge in [0.2, 0.25) is 15.9 Å². The molecule has 0 aliphatic carbocycles. The Balaban J connectivity index is 1.38. The van der Waals surface area contributed by atoms with Gasteiger partial charge in [-0.3, -0.25) is 4.79 Å². The SMILES string of the molecule is CC(Nc1cc(CNC(=O)[C@@H]2C=CCN2S(=O)(=O)c2ccc(F)cc2)cc(-c2ccc(C(F)(F)F)cc2)n1)c1ccccc1. The first kappa shape index (κ1) is 30.9. The highest BCUT2D eigenvalue weighted by atomic mass is 32.2. The van der Waals surface area contributed by atoms with Crippen LogP contribution < -0.4 is 10.6 Å². The molecule has 0 bridgehead atoms. The lowest BCUT2D eigenvalue weighted by molar-refractivity contribution is -0.137. The maximum Gasteiger partial charge on any atom is 0.416 e. The molecule has 44 heavy (non-hydrogen) atoms. The van der Waals surface area contributed by atoms with Gasteiger partial charge in [0.25, 0.3) is 0 Å². The second kappa shape index (κ2) is 12.6. The zero-order valence-corrected chi connectivity index (χ0v) is 24.2. The zero-order valence-electron chi connectivity index (χ0n) is 23.4. The van der Waals surface area contributed by atoms with E-state index in [1.165, 1.54) is 18.2 Å². The van der Waals surface area contributed by atoms with Crippen molar-refractivity contribution in [3.05, 3.63) is 126 Å². The molecule has 12 heteroatoms. The Morgan fingerprint density at radius 1 is 1.00 bits per heavy atom. The molecule has 2 heterocycles. The average Bonchev–Trinajstić information content (AvgIpc) is 3.52. The summed E-state index contributed by atoms with van der Waals surface area (Å²) in [6.07, 6.45) is -1.44. The number of nitrogens with one attached hydrogen (secondary N) is 2. The van der Waals surface area contributed by atoms with Gasteiger partial charge < -0.3 is 10.6 Å². The smallest absolute Gasteiger partial charge is 0.364 e. The van der Waals surface area contributed by atoms with Crippen molar-refractivity contribution in [3.8, 4) is 11.3 Å². The van der Waals surface area contributed by atoms with E-state index in [9.17, 15) is 30.8 Å². The van der Waals surface area contributed by atoms with Gasteiger partial charge in [0.15, 0.2) is 0 Å². The van der Waals surface area contributed by atoms with E-state index in [0.29, 0.717) is 22.6 Å². The molecule has 2 atom stereocenters. The number of hydrogen-bond donors (Lipinski definition) is 2. The van der Waals surface area contributed by atoms with Gasteiger partial charge in [-0.05, 0) is 66.6 Å². The van der Waals surface area contributed by atoms with Crippen LogP contribution in [0.2, 0.25) is 0 Å². The maximum absolute atomic E-state index is 13.4. The molecule has 1 amide bonds. The van der Waals surface area contributed by atoms with Crippen molar-refractivity contribution >= 4 is 21.7 Å². The number of rotatable bonds is 9. The van der Waals surface area contributed by atoms with Crippen LogP contribution in [0.15, 0.2) is 108 Å². The van der Waals surface area contributed by atoms with Crippen LogP contribution in [0.4, 0.5) is 23.4 Å². The summed E-state index contributed by atoms with van der Waals surface area (Å²) >= 11 is 0. The van der Waals surface area contributed by atoms with Gasteiger partial charge in [-0.15, -0.1) is 0 Å². The molecular formula is C32H28F4N4O3S. The minimum absolute atomic E-state index is 0.0157. The molecule has 0 fully saturated rings. The summed E-state index contributed by atoms with van der Waals surface area (Å²) in [5, 5.41) is 6.07. The van der Waals surface area contributed by atoms with Crippen molar-refractivity contribution in [1.29, 1.82) is 0 Å². The Hall–Kier alpha value is -4.55. The second-order valence-corrected chi connectivity index (χ2v) is 12.1. The van der Waals surface area contributed by atoms with Crippen LogP contribution in [-0.2, 0) is 27.5 Å². The van der Waals surface area contributed by atoms with Gasteiger partial charge in [0, 0.05) is 24.7 Å². The Kier molecular flexibility index (Phi) is 8.84. The first-order valence-corrected chi connectivity index (χ1v) is 15.1. The van der Waals surface area contributed by atoms with Gasteiger partial charge in [-0.25, -0.2) is 17.8 Å². The van der Waals surface area contributed by atoms with Gasteiger partial charge in [-0.2, -0.15) is 17.5 Å². The summed E-state index contributed by atoms with van der Waals surface area (Å²) in [5.74, 6) is -0.730. The van der Waals surface area contributed by atoms with Crippen LogP contribution in [0.1, 0.15) is 29.7 Å². The first-order valence-electron chi connectivity index (χ1n) is 13.6. The minimum atomic E-state index is -4.48. The molecule has 0 spiro atoms. The summed E-state index contributed by atoms with van der Waals surface area (Å²) in [6, 6.07) is 20.6. The van der Waals surface area contributed by atoms with Crippen LogP contribution in [0.5, 0.6) is 0 Å². The Bertz CT molecular complexity index is 1760. The van der Waals surface area contributed by atoms with Crippen LogP contribution in [0.3, 0.4) is 0 Å². The lowest BCUT2D eigenvalue weighted by atomic mass is 10.1. The molecule has 228 valence electrons. The van der Waals surface area contributed by atoms with Crippen molar-refractivity contribution < 1.29 is 30.8 Å². The summed E-state index contributed by atoms with van der Waals surface area (Å²) in [4.78, 5) is 17.7. The van der Waals surface area contributed by atoms with Gasteiger partial charge in [0.05, 0.1) is 16.2 Å². The number of amides is 1. The first-order chi connectivity index (χ1) is 20.9. The number of anilines is 1. The van der Waals surface area contributed by atoms with Crippen LogP contribution >= 0.6 is 0 Å². The highest BCUT2D eigenvalue weighted by molar-refractivity contribution is 7.89. The highest BCUT2D eigenvalue weighted by Crippen LogP contribution is 2.31. The number of carbonyl (C=O) groups excluding carboxylic acids is 1. The predicted molar refractivity (Wildman–Crippen MR) is 158 cm³/mol. The number of nitrogens with zero attached hydrogens (tertiary/aromatic N) is 2. The molecule has 7 nitrogen and oxygen atoms in total. The van der Waals surface area contributed by atoms with Gasteiger partial charge in [-0.1, -0.05) is 54.6 Å². The van der Waals surface area contributed by atoms with E-state index >= 15 is 0 Å². The third kappa shape index (κ3) is 6.98. The fraction of sp³-hybridized carbons (Fsp3) is 0.188. The molecule has 5 rings (SSSR count). The number of aromatic nitrogens is 1. The Morgan fingerprint density at radius 2 is 1.68 bits per heavy atom. The average molecular weight is 625 g/mol. The summed E-state index contributed by atoms with van der Waals surface area (Å²) in [7, 11) is -4.09. The van der Waals surface area contributed by atoms with E-state index in [2.05, 4.69) is 15.6 Å². The number of hydrogen-bond acceptors (Lipinski definition) is 5. The van der Waals surface area contributed by atoms with Crippen molar-refractivity contribution in [3.63, 3.8) is 0 Å². The fourth-order valence-electron chi connectivity index (χ4n) is 4.79. The van der Waals surface area contributed by atoms with E-state index in [0.717, 1.165) is 46.3 Å². The summed E-state index contributed by atoms with van der Waals surface area (Å²) in [6.45, 7) is 1.89. The summed E-state index contributed by atoms with van der Waals surface area (Å²) in [5.41, 5.74) is 1.61. The molecule has 1 aliphatic rings. The lowest BCUT2D eigenvalue weighted by Gasteiger charge is -2.23. The second-order valence-electron chi connectivity index (χ2n) is 10.2. The molecule has 0 saturated heterocycles. The van der Waals surface area contributed by atoms with E-state index in [1.54, 1.807) is 18.2 Å². The largest absolute Gasteiger partial charge is 0.416 e. The minimum Gasteiger partial charge on any atom is -0.364 e. The molecule has 1 aromatic heterocycles. The van der Waals surface area contributed by atoms with Crippen LogP contribution in [0.25, 0.3) is 11.3 Å². The Labute approximate surface area is 252 Å². The van der Waals surface area contributed by atoms with E-state index in [4.69, 9.17) is 0 Å². The quantitative estimate of drug-likeness (QED) is 0.168. The van der Waals surface area contributed by atoms with E-state index in [1.807, 2.05) is 37.3 Å². The highest BCUT2D eigenvalue weighted by Gasteiger charge is 2.36. The third-order valence-electron chi connectivity index (χ3n) is 7.13. The molecule has 3 aromatic carbocycles. The number of halogens is 4. The number of benzene rings is 3. The van der Waals surface area contributed by atoms with Crippen molar-refractivity contribution in [2.24, 2.45) is 0 Å². The third-order valence-corrected chi connectivity index (χ3v) is 8.99. The Morgan fingerprint density at radius 3 is 2.34 bits per heavy atom. The molecule has 0 saturated carbocycles. The van der Waals surface area contributed by atoms with E-state index < -0.39 is 39.5 Å². The van der Waals surface area contributed by atoms with Crippen molar-refractivity contribution in [2.45, 2.75) is 36.6 Å². The molecule has 1 aliphatic heterocycles. The normalized spacial score (nSPS) is 16.1. The monoisotopic (exact) mass is 624 g/mol. The lowest BCUT2D eigenvalue weighted by Crippen LogP contribution is -2.45. The van der Waals surface area contributed by atoms with Crippen molar-refractivity contribution in [2.75, 3.05) is 11.9 Å². The van der Waals surface area contributed by atoms with Crippen LogP contribution in [-0.4, -0.2) is 36.2 Å². The summed E-state index contributed by atoms with van der Waals surface area (Å²) < 4.78 is 80.2. The molecular weight excluding hydrogens is 596 g/mol. The fourth-order valence-corrected chi connectivity index (χ4v) is 6.29. The topological polar surface area (TPSA) is 91.4 Å². The maximum atomic E-state index is 13.4. The zero-order chi connectivity index (χ0) is 31.5. The van der Waals surface area contributed by atoms with E-state index in [-0.39, 0.29) is 24.0 Å². The molecule has 1 unspecified atom stereocenters. The predicted octanol–water partition coefficient (Wildman–Crippen LogP) is 6.33. The number of carbonyl (C=O) groups is 1.